The first kappa shape index (κ1) is 17.6. The molecule has 0 aliphatic carbocycles. The molecule has 5 heteroatoms. The molecule has 21 heavy (non-hydrogen) atoms. The van der Waals surface area contributed by atoms with Crippen LogP contribution in [0.2, 0.25) is 5.02 Å². The van der Waals surface area contributed by atoms with Gasteiger partial charge >= 0.3 is 0 Å². The lowest BCUT2D eigenvalue weighted by Gasteiger charge is -2.15. The van der Waals surface area contributed by atoms with Crippen molar-refractivity contribution in [2.24, 2.45) is 5.73 Å². The van der Waals surface area contributed by atoms with E-state index in [-0.39, 0.29) is 6.04 Å². The summed E-state index contributed by atoms with van der Waals surface area (Å²) in [6.45, 7) is 2.58. The Kier molecular flexibility index (Phi) is 7.96. The summed E-state index contributed by atoms with van der Waals surface area (Å²) in [6, 6.07) is 6.03. The molecule has 116 valence electrons. The lowest BCUT2D eigenvalue weighted by molar-refractivity contribution is 0.287. The fourth-order valence-corrected chi connectivity index (χ4v) is 2.25. The average Bonchev–Trinajstić information content (AvgIpc) is 2.48. The van der Waals surface area contributed by atoms with Crippen LogP contribution in [-0.4, -0.2) is 19.8 Å². The molecule has 0 heterocycles. The highest BCUT2D eigenvalue weighted by atomic mass is 35.5. The van der Waals surface area contributed by atoms with Crippen LogP contribution < -0.4 is 15.2 Å². The highest BCUT2D eigenvalue weighted by Gasteiger charge is 2.13. The maximum absolute atomic E-state index is 8.49. The number of ether oxygens (including phenoxy) is 2. The molecule has 0 amide bonds. The van der Waals surface area contributed by atoms with E-state index in [1.807, 2.05) is 12.1 Å². The molecular weight excluding hydrogens is 288 g/mol. The van der Waals surface area contributed by atoms with E-state index in [2.05, 4.69) is 13.0 Å². The molecule has 1 atom stereocenters. The number of unbranched alkanes of at least 4 members (excludes halogenated alkanes) is 2. The van der Waals surface area contributed by atoms with Crippen molar-refractivity contribution in [3.63, 3.8) is 0 Å². The van der Waals surface area contributed by atoms with Crippen molar-refractivity contribution in [1.29, 1.82) is 5.26 Å². The molecule has 4 nitrogen and oxygen atoms in total. The third-order valence-electron chi connectivity index (χ3n) is 3.24. The summed E-state index contributed by atoms with van der Waals surface area (Å²) in [4.78, 5) is 0. The summed E-state index contributed by atoms with van der Waals surface area (Å²) in [5.74, 6) is 1.19. The van der Waals surface area contributed by atoms with Crippen molar-refractivity contribution in [2.75, 3.05) is 13.7 Å². The molecule has 0 aliphatic rings. The van der Waals surface area contributed by atoms with Gasteiger partial charge in [-0.3, -0.25) is 0 Å². The van der Waals surface area contributed by atoms with Gasteiger partial charge in [0, 0.05) is 12.5 Å². The van der Waals surface area contributed by atoms with Crippen molar-refractivity contribution in [2.45, 2.75) is 45.1 Å². The fourth-order valence-electron chi connectivity index (χ4n) is 1.96. The summed E-state index contributed by atoms with van der Waals surface area (Å²) < 4.78 is 11.1. The van der Waals surface area contributed by atoms with Crippen LogP contribution in [0.5, 0.6) is 11.5 Å². The quantitative estimate of drug-likeness (QED) is 0.706. The summed E-state index contributed by atoms with van der Waals surface area (Å²) in [5.41, 5.74) is 7.01. The molecule has 1 aromatic rings. The number of rotatable bonds is 9. The lowest BCUT2D eigenvalue weighted by atomic mass is 10.0. The normalized spacial score (nSPS) is 11.8. The molecule has 0 aliphatic heterocycles. The van der Waals surface area contributed by atoms with Gasteiger partial charge in [-0.25, -0.2) is 0 Å². The molecule has 0 spiro atoms. The zero-order valence-electron chi connectivity index (χ0n) is 12.7. The fraction of sp³-hybridized carbons (Fsp3) is 0.562. The van der Waals surface area contributed by atoms with E-state index in [1.165, 1.54) is 0 Å². The van der Waals surface area contributed by atoms with Gasteiger partial charge in [-0.15, -0.1) is 0 Å². The van der Waals surface area contributed by atoms with Crippen LogP contribution in [0.1, 0.15) is 38.2 Å². The van der Waals surface area contributed by atoms with E-state index in [0.29, 0.717) is 29.5 Å². The molecule has 0 fully saturated rings. The number of benzene rings is 1. The van der Waals surface area contributed by atoms with Gasteiger partial charge in [-0.2, -0.15) is 5.26 Å². The number of nitrogens with two attached hydrogens (primary N) is 1. The molecule has 0 bridgehead atoms. The van der Waals surface area contributed by atoms with Crippen molar-refractivity contribution in [3.05, 3.63) is 22.7 Å². The van der Waals surface area contributed by atoms with Crippen LogP contribution in [0.3, 0.4) is 0 Å². The topological polar surface area (TPSA) is 68.3 Å². The van der Waals surface area contributed by atoms with E-state index in [9.17, 15) is 0 Å². The van der Waals surface area contributed by atoms with Gasteiger partial charge in [0.2, 0.25) is 0 Å². The molecule has 0 radical (unpaired) electrons. The van der Waals surface area contributed by atoms with Gasteiger partial charge < -0.3 is 15.2 Å². The molecular formula is C16H23ClN2O2. The monoisotopic (exact) mass is 310 g/mol. The average molecular weight is 311 g/mol. The summed E-state index contributed by atoms with van der Waals surface area (Å²) >= 11 is 6.28. The minimum absolute atomic E-state index is 0.114. The van der Waals surface area contributed by atoms with E-state index >= 15 is 0 Å². The van der Waals surface area contributed by atoms with Gasteiger partial charge in [0.05, 0.1) is 24.8 Å². The van der Waals surface area contributed by atoms with E-state index in [4.69, 9.17) is 32.1 Å². The van der Waals surface area contributed by atoms with Crippen molar-refractivity contribution < 1.29 is 9.47 Å². The van der Waals surface area contributed by atoms with Crippen LogP contribution >= 0.6 is 11.6 Å². The Morgan fingerprint density at radius 2 is 2.14 bits per heavy atom. The molecule has 1 unspecified atom stereocenters. The van der Waals surface area contributed by atoms with Gasteiger partial charge in [0.15, 0.2) is 11.5 Å². The second-order valence-electron chi connectivity index (χ2n) is 4.95. The largest absolute Gasteiger partial charge is 0.493 e. The maximum Gasteiger partial charge on any atom is 0.179 e. The van der Waals surface area contributed by atoms with Crippen LogP contribution in [0.15, 0.2) is 12.1 Å². The highest BCUT2D eigenvalue weighted by Crippen LogP contribution is 2.36. The molecule has 0 saturated heterocycles. The smallest absolute Gasteiger partial charge is 0.179 e. The summed E-state index contributed by atoms with van der Waals surface area (Å²) in [5, 5.41) is 9.02. The zero-order valence-corrected chi connectivity index (χ0v) is 13.4. The third-order valence-corrected chi connectivity index (χ3v) is 3.52. The maximum atomic E-state index is 8.49. The third kappa shape index (κ3) is 5.82. The number of methoxy groups -OCH3 is 1. The molecule has 0 saturated carbocycles. The van der Waals surface area contributed by atoms with Crippen LogP contribution in [0, 0.1) is 11.3 Å². The standard InChI is InChI=1S/C16H23ClN2O2/c1-3-13(19)9-12-10-14(17)16(15(11-12)20-2)21-8-6-4-5-7-18/h10-11,13H,3-6,8-9,19H2,1-2H3. The Hall–Kier alpha value is -1.44. The van der Waals surface area contributed by atoms with Crippen molar-refractivity contribution in [1.82, 2.24) is 0 Å². The first-order valence-electron chi connectivity index (χ1n) is 7.24. The predicted octanol–water partition coefficient (Wildman–Crippen LogP) is 3.70. The number of halogens is 1. The van der Waals surface area contributed by atoms with Gasteiger partial charge in [0.25, 0.3) is 0 Å². The molecule has 1 rings (SSSR count). The van der Waals surface area contributed by atoms with Crippen LogP contribution in [-0.2, 0) is 6.42 Å². The van der Waals surface area contributed by atoms with Crippen molar-refractivity contribution in [3.8, 4) is 17.6 Å². The SMILES string of the molecule is CCC(N)Cc1cc(Cl)c(OCCCCC#N)c(OC)c1. The van der Waals surface area contributed by atoms with E-state index < -0.39 is 0 Å². The Morgan fingerprint density at radius 3 is 2.76 bits per heavy atom. The molecule has 0 aromatic heterocycles. The number of hydrogen-bond acceptors (Lipinski definition) is 4. The minimum atomic E-state index is 0.114. The minimum Gasteiger partial charge on any atom is -0.493 e. The van der Waals surface area contributed by atoms with Gasteiger partial charge in [0.1, 0.15) is 0 Å². The number of nitrogens with zero attached hydrogens (tertiary/aromatic N) is 1. The summed E-state index contributed by atoms with van der Waals surface area (Å²) in [7, 11) is 1.59. The van der Waals surface area contributed by atoms with E-state index in [0.717, 1.165) is 31.2 Å². The Balaban J connectivity index is 2.73. The zero-order chi connectivity index (χ0) is 15.7. The molecule has 2 N–H and O–H groups in total. The van der Waals surface area contributed by atoms with E-state index in [1.54, 1.807) is 7.11 Å². The first-order chi connectivity index (χ1) is 10.1. The lowest BCUT2D eigenvalue weighted by Crippen LogP contribution is -2.21. The van der Waals surface area contributed by atoms with Crippen LogP contribution in [0.25, 0.3) is 0 Å². The summed E-state index contributed by atoms with van der Waals surface area (Å²) in [6.07, 6.45) is 3.85. The number of hydrogen-bond donors (Lipinski definition) is 1. The predicted molar refractivity (Wildman–Crippen MR) is 84.9 cm³/mol. The second-order valence-corrected chi connectivity index (χ2v) is 5.35. The molecule has 1 aromatic carbocycles. The van der Waals surface area contributed by atoms with Gasteiger partial charge in [-0.05, 0) is 43.4 Å². The van der Waals surface area contributed by atoms with Gasteiger partial charge in [-0.1, -0.05) is 18.5 Å². The first-order valence-corrected chi connectivity index (χ1v) is 7.61. The highest BCUT2D eigenvalue weighted by molar-refractivity contribution is 6.32. The Morgan fingerprint density at radius 1 is 1.38 bits per heavy atom. The van der Waals surface area contributed by atoms with Crippen molar-refractivity contribution >= 4 is 11.6 Å². The second kappa shape index (κ2) is 9.49. The van der Waals surface area contributed by atoms with Crippen LogP contribution in [0.4, 0.5) is 0 Å². The Bertz CT molecular complexity index is 486. The Labute approximate surface area is 131 Å². The number of nitriles is 1.